The predicted octanol–water partition coefficient (Wildman–Crippen LogP) is 12.5. The minimum atomic E-state index is 0.626. The highest BCUT2D eigenvalue weighted by Gasteiger charge is 2.19. The van der Waals surface area contributed by atoms with Gasteiger partial charge in [0.1, 0.15) is 0 Å². The van der Waals surface area contributed by atoms with E-state index >= 15 is 0 Å². The van der Waals surface area contributed by atoms with E-state index in [0.29, 0.717) is 17.5 Å². The van der Waals surface area contributed by atoms with Crippen LogP contribution in [0.3, 0.4) is 0 Å². The van der Waals surface area contributed by atoms with Crippen LogP contribution in [0.4, 0.5) is 0 Å². The van der Waals surface area contributed by atoms with Gasteiger partial charge in [-0.1, -0.05) is 158 Å². The van der Waals surface area contributed by atoms with E-state index < -0.39 is 0 Å². The molecule has 7 aromatic carbocycles. The fraction of sp³-hybridized carbons (Fsp3) is 0. The van der Waals surface area contributed by atoms with Gasteiger partial charge < -0.3 is 0 Å². The molecule has 0 aliphatic heterocycles. The van der Waals surface area contributed by atoms with Crippen molar-refractivity contribution in [2.45, 2.75) is 0 Å². The van der Waals surface area contributed by atoms with Gasteiger partial charge in [-0.05, 0) is 40.3 Å². The molecule has 0 bridgehead atoms. The predicted molar refractivity (Wildman–Crippen MR) is 224 cm³/mol. The van der Waals surface area contributed by atoms with Crippen LogP contribution in [0.5, 0.6) is 0 Å². The smallest absolute Gasteiger partial charge is 0.164 e. The summed E-state index contributed by atoms with van der Waals surface area (Å²) >= 11 is 1.81. The van der Waals surface area contributed by atoms with Crippen LogP contribution in [-0.4, -0.2) is 24.3 Å². The largest absolute Gasteiger partial charge is 0.291 e. The number of benzene rings is 7. The van der Waals surface area contributed by atoms with E-state index in [9.17, 15) is 0 Å². The van der Waals surface area contributed by atoms with Crippen molar-refractivity contribution in [3.8, 4) is 56.5 Å². The van der Waals surface area contributed by atoms with Crippen molar-refractivity contribution in [3.05, 3.63) is 176 Å². The molecule has 0 aliphatic rings. The molecule has 0 N–H and O–H groups in total. The number of thiophene rings is 1. The quantitative estimate of drug-likeness (QED) is 0.179. The minimum Gasteiger partial charge on any atom is -0.291 e. The van der Waals surface area contributed by atoms with Crippen molar-refractivity contribution in [3.63, 3.8) is 0 Å². The van der Waals surface area contributed by atoms with Crippen LogP contribution in [0.25, 0.3) is 104 Å². The number of hydrogen-bond donors (Lipinski definition) is 0. The van der Waals surface area contributed by atoms with Gasteiger partial charge in [-0.3, -0.25) is 4.40 Å². The first-order chi connectivity index (χ1) is 26.7. The Labute approximate surface area is 314 Å². The standard InChI is InChI=1S/C48H29N5S/c1-3-11-30(12-4-1)31-19-23-35(24-20-31)46-50-45(34-14-5-2-6-15-34)51-47(52-46)36-25-21-33(22-26-36)41-29-39-38-17-9-10-18-42(38)54-44(39)48-49-43-37-16-8-7-13-32(37)27-28-40(43)53(41)48/h1-29H. The van der Waals surface area contributed by atoms with Crippen LogP contribution >= 0.6 is 11.3 Å². The fourth-order valence-corrected chi connectivity index (χ4v) is 8.74. The van der Waals surface area contributed by atoms with Crippen LogP contribution in [0.1, 0.15) is 0 Å². The first-order valence-corrected chi connectivity index (χ1v) is 18.8. The molecule has 4 aromatic heterocycles. The zero-order chi connectivity index (χ0) is 35.6. The third-order valence-electron chi connectivity index (χ3n) is 10.3. The Balaban J connectivity index is 1.07. The number of fused-ring (bicyclic) bond motifs is 9. The van der Waals surface area contributed by atoms with Crippen LogP contribution in [-0.2, 0) is 0 Å². The highest BCUT2D eigenvalue weighted by Crippen LogP contribution is 2.41. The lowest BCUT2D eigenvalue weighted by molar-refractivity contribution is 1.07. The Hall–Kier alpha value is -7.02. The Kier molecular flexibility index (Phi) is 6.97. The number of rotatable bonds is 5. The van der Waals surface area contributed by atoms with Gasteiger partial charge in [-0.2, -0.15) is 0 Å². The first kappa shape index (κ1) is 30.6. The summed E-state index contributed by atoms with van der Waals surface area (Å²) in [6.07, 6.45) is 0. The Morgan fingerprint density at radius 3 is 1.59 bits per heavy atom. The van der Waals surface area contributed by atoms with Crippen molar-refractivity contribution in [2.24, 2.45) is 0 Å². The molecule has 6 heteroatoms. The van der Waals surface area contributed by atoms with E-state index in [-0.39, 0.29) is 0 Å². The van der Waals surface area contributed by atoms with E-state index in [1.165, 1.54) is 31.1 Å². The average Bonchev–Trinajstić information content (AvgIpc) is 3.83. The second-order valence-electron chi connectivity index (χ2n) is 13.5. The van der Waals surface area contributed by atoms with E-state index in [4.69, 9.17) is 19.9 Å². The van der Waals surface area contributed by atoms with Crippen LogP contribution in [0.2, 0.25) is 0 Å². The monoisotopic (exact) mass is 707 g/mol. The molecule has 0 unspecified atom stereocenters. The fourth-order valence-electron chi connectivity index (χ4n) is 7.58. The molecular formula is C48H29N5S. The number of imidazole rings is 1. The second kappa shape index (κ2) is 12.3. The lowest BCUT2D eigenvalue weighted by atomic mass is 10.0. The molecule has 11 rings (SSSR count). The summed E-state index contributed by atoms with van der Waals surface area (Å²) < 4.78 is 4.79. The molecular weight excluding hydrogens is 679 g/mol. The molecule has 5 nitrogen and oxygen atoms in total. The minimum absolute atomic E-state index is 0.626. The molecule has 11 aromatic rings. The highest BCUT2D eigenvalue weighted by molar-refractivity contribution is 7.26. The molecule has 0 radical (unpaired) electrons. The molecule has 0 spiro atoms. The molecule has 0 atom stereocenters. The summed E-state index contributed by atoms with van der Waals surface area (Å²) in [6.45, 7) is 0. The normalized spacial score (nSPS) is 11.7. The van der Waals surface area contributed by atoms with Gasteiger partial charge in [0.15, 0.2) is 23.1 Å². The second-order valence-corrected chi connectivity index (χ2v) is 14.5. The van der Waals surface area contributed by atoms with Gasteiger partial charge in [0.25, 0.3) is 0 Å². The van der Waals surface area contributed by atoms with E-state index in [2.05, 4.69) is 144 Å². The third-order valence-corrected chi connectivity index (χ3v) is 11.4. The number of hydrogen-bond acceptors (Lipinski definition) is 5. The first-order valence-electron chi connectivity index (χ1n) is 18.0. The Bertz CT molecular complexity index is 3190. The lowest BCUT2D eigenvalue weighted by Gasteiger charge is -2.11. The van der Waals surface area contributed by atoms with Gasteiger partial charge in [0.05, 0.1) is 21.4 Å². The van der Waals surface area contributed by atoms with Gasteiger partial charge in [0, 0.05) is 37.5 Å². The maximum atomic E-state index is 5.36. The Morgan fingerprint density at radius 1 is 0.389 bits per heavy atom. The summed E-state index contributed by atoms with van der Waals surface area (Å²) in [5.74, 6) is 1.90. The summed E-state index contributed by atoms with van der Waals surface area (Å²) in [5, 5.41) is 4.81. The maximum Gasteiger partial charge on any atom is 0.164 e. The van der Waals surface area contributed by atoms with E-state index in [1.54, 1.807) is 0 Å². The Morgan fingerprint density at radius 2 is 0.907 bits per heavy atom. The highest BCUT2D eigenvalue weighted by atomic mass is 32.1. The SMILES string of the molecule is c1ccc(-c2ccc(-c3nc(-c4ccccc4)nc(-c4ccc(-c5cc6c7ccccc7sc6c6nc7c8ccccc8ccc7n56)cc4)n3)cc2)cc1. The van der Waals surface area contributed by atoms with Crippen molar-refractivity contribution in [1.82, 2.24) is 24.3 Å². The molecule has 0 fully saturated rings. The summed E-state index contributed by atoms with van der Waals surface area (Å²) in [4.78, 5) is 20.4. The van der Waals surface area contributed by atoms with Gasteiger partial charge in [-0.25, -0.2) is 19.9 Å². The van der Waals surface area contributed by atoms with Gasteiger partial charge in [-0.15, -0.1) is 11.3 Å². The van der Waals surface area contributed by atoms with Gasteiger partial charge >= 0.3 is 0 Å². The van der Waals surface area contributed by atoms with E-state index in [1.807, 2.05) is 47.7 Å². The van der Waals surface area contributed by atoms with E-state index in [0.717, 1.165) is 55.6 Å². The topological polar surface area (TPSA) is 56.0 Å². The van der Waals surface area contributed by atoms with Crippen LogP contribution in [0, 0.1) is 0 Å². The maximum absolute atomic E-state index is 5.36. The molecule has 54 heavy (non-hydrogen) atoms. The zero-order valence-corrected chi connectivity index (χ0v) is 29.7. The molecule has 0 saturated carbocycles. The number of pyridine rings is 1. The zero-order valence-electron chi connectivity index (χ0n) is 28.9. The lowest BCUT2D eigenvalue weighted by Crippen LogP contribution is -2.00. The number of aromatic nitrogens is 5. The van der Waals surface area contributed by atoms with Crippen LogP contribution in [0.15, 0.2) is 176 Å². The third kappa shape index (κ3) is 4.99. The number of nitrogens with zero attached hydrogens (tertiary/aromatic N) is 5. The summed E-state index contributed by atoms with van der Waals surface area (Å²) in [5.41, 5.74) is 10.4. The van der Waals surface area contributed by atoms with Crippen molar-refractivity contribution >= 4 is 59.0 Å². The van der Waals surface area contributed by atoms with Gasteiger partial charge in [0.2, 0.25) is 0 Å². The van der Waals surface area contributed by atoms with Crippen molar-refractivity contribution < 1.29 is 0 Å². The molecule has 0 saturated heterocycles. The molecule has 4 heterocycles. The summed E-state index contributed by atoms with van der Waals surface area (Å²) in [6, 6.07) is 61.4. The van der Waals surface area contributed by atoms with Crippen molar-refractivity contribution in [2.75, 3.05) is 0 Å². The molecule has 0 aliphatic carbocycles. The van der Waals surface area contributed by atoms with Crippen molar-refractivity contribution in [1.29, 1.82) is 0 Å². The summed E-state index contributed by atoms with van der Waals surface area (Å²) in [7, 11) is 0. The molecule has 0 amide bonds. The van der Waals surface area contributed by atoms with Crippen LogP contribution < -0.4 is 0 Å². The molecule has 252 valence electrons. The average molecular weight is 708 g/mol.